The maximum Gasteiger partial charge on any atom is 0.258 e. The van der Waals surface area contributed by atoms with Crippen molar-refractivity contribution in [3.05, 3.63) is 48.3 Å². The van der Waals surface area contributed by atoms with E-state index in [2.05, 4.69) is 16.9 Å². The first-order valence-electron chi connectivity index (χ1n) is 10.1. The number of nitrogens with zero attached hydrogens (tertiary/aromatic N) is 3. The van der Waals surface area contributed by atoms with E-state index in [1.807, 2.05) is 61.3 Å². The summed E-state index contributed by atoms with van der Waals surface area (Å²) in [7, 11) is 3.50. The zero-order valence-electron chi connectivity index (χ0n) is 17.9. The lowest BCUT2D eigenvalue weighted by Gasteiger charge is -2.23. The molecule has 3 aromatic rings. The van der Waals surface area contributed by atoms with E-state index in [-0.39, 0.29) is 0 Å². The van der Waals surface area contributed by atoms with Crippen LogP contribution in [0.5, 0.6) is 11.5 Å². The number of para-hydroxylation sites is 1. The van der Waals surface area contributed by atoms with Crippen LogP contribution in [0.4, 0.5) is 11.5 Å². The Morgan fingerprint density at radius 3 is 2.63 bits per heavy atom. The number of rotatable bonds is 9. The van der Waals surface area contributed by atoms with Gasteiger partial charge in [0.25, 0.3) is 5.91 Å². The molecule has 0 saturated carbocycles. The van der Waals surface area contributed by atoms with Gasteiger partial charge >= 0.3 is 0 Å². The molecule has 1 atom stereocenters. The van der Waals surface area contributed by atoms with Crippen molar-refractivity contribution in [2.75, 3.05) is 19.1 Å². The summed E-state index contributed by atoms with van der Waals surface area (Å²) in [5, 5.41) is 0.946. The Labute approximate surface area is 176 Å². The highest BCUT2D eigenvalue weighted by molar-refractivity contribution is 5.91. The van der Waals surface area contributed by atoms with E-state index in [0.29, 0.717) is 23.7 Å². The predicted octanol–water partition coefficient (Wildman–Crippen LogP) is 4.14. The van der Waals surface area contributed by atoms with Crippen LogP contribution < -0.4 is 20.1 Å². The minimum absolute atomic E-state index is 0.469. The van der Waals surface area contributed by atoms with Gasteiger partial charge in [-0.1, -0.05) is 25.5 Å². The average Bonchev–Trinajstić information content (AvgIpc) is 2.75. The van der Waals surface area contributed by atoms with Crippen LogP contribution in [0.1, 0.15) is 32.0 Å². The number of primary amides is 1. The second-order valence-corrected chi connectivity index (χ2v) is 7.16. The molecule has 0 spiro atoms. The van der Waals surface area contributed by atoms with Crippen molar-refractivity contribution in [3.8, 4) is 11.5 Å². The number of benzene rings is 2. The molecule has 7 heteroatoms. The number of ether oxygens (including phenoxy) is 2. The first kappa shape index (κ1) is 21.4. The molecule has 0 radical (unpaired) electrons. The minimum Gasteiger partial charge on any atom is -0.493 e. The molecule has 1 amide bonds. The molecular formula is C23H28N4O3. The second-order valence-electron chi connectivity index (χ2n) is 7.16. The highest BCUT2D eigenvalue weighted by Crippen LogP contribution is 2.36. The van der Waals surface area contributed by atoms with Crippen LogP contribution >= 0.6 is 0 Å². The van der Waals surface area contributed by atoms with Crippen molar-refractivity contribution in [1.29, 1.82) is 0 Å². The van der Waals surface area contributed by atoms with E-state index in [4.69, 9.17) is 15.2 Å². The van der Waals surface area contributed by atoms with Gasteiger partial charge in [-0.2, -0.15) is 0 Å². The number of hydrogen-bond donors (Lipinski definition) is 1. The minimum atomic E-state index is -0.707. The summed E-state index contributed by atoms with van der Waals surface area (Å²) in [6, 6.07) is 13.5. The Morgan fingerprint density at radius 1 is 1.17 bits per heavy atom. The van der Waals surface area contributed by atoms with Gasteiger partial charge < -0.3 is 20.1 Å². The standard InChI is InChI=1S/C23H28N4O3/c1-5-6-11-20(22(24)28)30-21-14-16(12-13-19(21)29-4)27(3)23-17-9-7-8-10-18(17)25-15(2)26-23/h7-10,12-14,20H,5-6,11H2,1-4H3,(H2,24,28). The quantitative estimate of drug-likeness (QED) is 0.572. The molecule has 0 saturated heterocycles. The van der Waals surface area contributed by atoms with Crippen LogP contribution in [-0.2, 0) is 4.79 Å². The average molecular weight is 409 g/mol. The fourth-order valence-electron chi connectivity index (χ4n) is 3.32. The number of carbonyl (C=O) groups excluding carboxylic acids is 1. The Bertz CT molecular complexity index is 1040. The molecule has 7 nitrogen and oxygen atoms in total. The summed E-state index contributed by atoms with van der Waals surface area (Å²) in [5.74, 6) is 2.00. The molecule has 0 aliphatic heterocycles. The Morgan fingerprint density at radius 2 is 1.93 bits per heavy atom. The van der Waals surface area contributed by atoms with E-state index >= 15 is 0 Å². The number of carbonyl (C=O) groups is 1. The highest BCUT2D eigenvalue weighted by Gasteiger charge is 2.20. The van der Waals surface area contributed by atoms with E-state index in [1.165, 1.54) is 0 Å². The third-order valence-electron chi connectivity index (χ3n) is 4.95. The van der Waals surface area contributed by atoms with Crippen LogP contribution in [0, 0.1) is 6.92 Å². The number of amides is 1. The van der Waals surface area contributed by atoms with Crippen molar-refractivity contribution < 1.29 is 14.3 Å². The molecule has 0 bridgehead atoms. The van der Waals surface area contributed by atoms with Crippen LogP contribution in [0.3, 0.4) is 0 Å². The summed E-state index contributed by atoms with van der Waals surface area (Å²) < 4.78 is 11.4. The molecule has 30 heavy (non-hydrogen) atoms. The maximum absolute atomic E-state index is 11.9. The lowest BCUT2D eigenvalue weighted by molar-refractivity contribution is -0.125. The summed E-state index contributed by atoms with van der Waals surface area (Å²) in [6.07, 6.45) is 1.65. The number of unbranched alkanes of at least 4 members (excludes halogenated alkanes) is 1. The Hall–Kier alpha value is -3.35. The lowest BCUT2D eigenvalue weighted by Crippen LogP contribution is -2.33. The largest absolute Gasteiger partial charge is 0.493 e. The number of methoxy groups -OCH3 is 1. The number of anilines is 2. The highest BCUT2D eigenvalue weighted by atomic mass is 16.5. The van der Waals surface area contributed by atoms with Crippen LogP contribution in [0.15, 0.2) is 42.5 Å². The van der Waals surface area contributed by atoms with Crippen LogP contribution in [-0.4, -0.2) is 36.1 Å². The number of aryl methyl sites for hydroxylation is 1. The number of aromatic nitrogens is 2. The molecule has 158 valence electrons. The molecule has 2 aromatic carbocycles. The Balaban J connectivity index is 1.99. The normalized spacial score (nSPS) is 11.9. The fourth-order valence-corrected chi connectivity index (χ4v) is 3.32. The molecule has 1 heterocycles. The van der Waals surface area contributed by atoms with Crippen molar-refractivity contribution >= 4 is 28.3 Å². The first-order valence-corrected chi connectivity index (χ1v) is 10.1. The smallest absolute Gasteiger partial charge is 0.258 e. The molecule has 1 unspecified atom stereocenters. The van der Waals surface area contributed by atoms with E-state index in [0.717, 1.165) is 35.2 Å². The third kappa shape index (κ3) is 4.62. The van der Waals surface area contributed by atoms with Gasteiger partial charge in [0.15, 0.2) is 17.6 Å². The van der Waals surface area contributed by atoms with Crippen molar-refractivity contribution in [1.82, 2.24) is 9.97 Å². The van der Waals surface area contributed by atoms with Crippen LogP contribution in [0.2, 0.25) is 0 Å². The van der Waals surface area contributed by atoms with Gasteiger partial charge in [0, 0.05) is 24.2 Å². The fraction of sp³-hybridized carbons (Fsp3) is 0.348. The summed E-state index contributed by atoms with van der Waals surface area (Å²) in [6.45, 7) is 3.93. The Kier molecular flexibility index (Phi) is 6.72. The molecule has 0 aliphatic carbocycles. The SMILES string of the molecule is CCCCC(Oc1cc(N(C)c2nc(C)nc3ccccc23)ccc1OC)C(N)=O. The summed E-state index contributed by atoms with van der Waals surface area (Å²) in [4.78, 5) is 23.0. The van der Waals surface area contributed by atoms with E-state index in [9.17, 15) is 4.79 Å². The van der Waals surface area contributed by atoms with Gasteiger partial charge in [0.05, 0.1) is 12.6 Å². The van der Waals surface area contributed by atoms with Crippen LogP contribution in [0.25, 0.3) is 10.9 Å². The molecule has 0 aliphatic rings. The molecule has 3 rings (SSSR count). The summed E-state index contributed by atoms with van der Waals surface area (Å²) >= 11 is 0. The van der Waals surface area contributed by atoms with Gasteiger partial charge in [-0.05, 0) is 44.0 Å². The van der Waals surface area contributed by atoms with Crippen molar-refractivity contribution in [3.63, 3.8) is 0 Å². The van der Waals surface area contributed by atoms with Gasteiger partial charge in [0.1, 0.15) is 11.6 Å². The van der Waals surface area contributed by atoms with Gasteiger partial charge in [-0.15, -0.1) is 0 Å². The third-order valence-corrected chi connectivity index (χ3v) is 4.95. The van der Waals surface area contributed by atoms with Gasteiger partial charge in [0.2, 0.25) is 0 Å². The van der Waals surface area contributed by atoms with Crippen molar-refractivity contribution in [2.45, 2.75) is 39.2 Å². The molecule has 1 aromatic heterocycles. The first-order chi connectivity index (χ1) is 14.4. The number of nitrogens with two attached hydrogens (primary N) is 1. The lowest BCUT2D eigenvalue weighted by atomic mass is 10.1. The second kappa shape index (κ2) is 9.43. The number of fused-ring (bicyclic) bond motifs is 1. The molecule has 0 fully saturated rings. The topological polar surface area (TPSA) is 90.6 Å². The zero-order chi connectivity index (χ0) is 21.7. The van der Waals surface area contributed by atoms with E-state index in [1.54, 1.807) is 7.11 Å². The monoisotopic (exact) mass is 408 g/mol. The zero-order valence-corrected chi connectivity index (χ0v) is 17.9. The molecular weight excluding hydrogens is 380 g/mol. The van der Waals surface area contributed by atoms with E-state index < -0.39 is 12.0 Å². The maximum atomic E-state index is 11.9. The van der Waals surface area contributed by atoms with Crippen molar-refractivity contribution in [2.24, 2.45) is 5.73 Å². The predicted molar refractivity (Wildman–Crippen MR) is 118 cm³/mol. The van der Waals surface area contributed by atoms with Gasteiger partial charge in [-0.25, -0.2) is 9.97 Å². The molecule has 2 N–H and O–H groups in total. The number of hydrogen-bond acceptors (Lipinski definition) is 6. The summed E-state index contributed by atoms with van der Waals surface area (Å²) in [5.41, 5.74) is 7.27. The van der Waals surface area contributed by atoms with Gasteiger partial charge in [-0.3, -0.25) is 4.79 Å².